The number of halogens is 1. The number of rotatable bonds is 6. The summed E-state index contributed by atoms with van der Waals surface area (Å²) in [5, 5.41) is 0. The van der Waals surface area contributed by atoms with Crippen molar-refractivity contribution in [1.82, 2.24) is 0 Å². The molecule has 0 saturated heterocycles. The van der Waals surface area contributed by atoms with Crippen LogP contribution in [0.15, 0.2) is 30.3 Å². The van der Waals surface area contributed by atoms with Crippen LogP contribution in [0.5, 0.6) is 17.2 Å². The van der Waals surface area contributed by atoms with Crippen molar-refractivity contribution in [2.75, 3.05) is 32.8 Å². The molecule has 1 aliphatic heterocycles. The largest absolute Gasteiger partial charge is 0.493 e. The summed E-state index contributed by atoms with van der Waals surface area (Å²) in [5.74, 6) is 1.30. The first-order valence-electron chi connectivity index (χ1n) is 8.95. The summed E-state index contributed by atoms with van der Waals surface area (Å²) in [4.78, 5) is 14.5. The van der Waals surface area contributed by atoms with Gasteiger partial charge in [-0.1, -0.05) is 6.07 Å². The zero-order valence-corrected chi connectivity index (χ0v) is 15.9. The second kappa shape index (κ2) is 8.29. The summed E-state index contributed by atoms with van der Waals surface area (Å²) >= 11 is 0. The van der Waals surface area contributed by atoms with E-state index in [0.29, 0.717) is 42.3 Å². The zero-order chi connectivity index (χ0) is 19.4. The van der Waals surface area contributed by atoms with E-state index in [1.54, 1.807) is 32.3 Å². The number of nitrogens with zero attached hydrogens (tertiary/aromatic N) is 1. The SMILES string of the molecule is COc1cc(CCC(=O)N2CCCc3ccc(F)cc32)cc(OC)c1OC. The fraction of sp³-hybridized carbons (Fsp3) is 0.381. The number of methoxy groups -OCH3 is 3. The molecule has 6 heteroatoms. The van der Waals surface area contributed by atoms with Gasteiger partial charge in [-0.05, 0) is 54.7 Å². The van der Waals surface area contributed by atoms with Crippen molar-refractivity contribution in [3.05, 3.63) is 47.3 Å². The summed E-state index contributed by atoms with van der Waals surface area (Å²) in [6.07, 6.45) is 2.59. The van der Waals surface area contributed by atoms with E-state index in [1.165, 1.54) is 12.1 Å². The van der Waals surface area contributed by atoms with E-state index in [0.717, 1.165) is 24.0 Å². The maximum absolute atomic E-state index is 13.6. The highest BCUT2D eigenvalue weighted by atomic mass is 19.1. The Balaban J connectivity index is 1.76. The minimum atomic E-state index is -0.321. The molecule has 5 nitrogen and oxygen atoms in total. The van der Waals surface area contributed by atoms with Gasteiger partial charge in [0.05, 0.1) is 21.3 Å². The maximum atomic E-state index is 13.6. The molecule has 0 fully saturated rings. The summed E-state index contributed by atoms with van der Waals surface area (Å²) < 4.78 is 29.7. The zero-order valence-electron chi connectivity index (χ0n) is 15.9. The summed E-state index contributed by atoms with van der Waals surface area (Å²) in [5.41, 5.74) is 2.62. The lowest BCUT2D eigenvalue weighted by Gasteiger charge is -2.29. The van der Waals surface area contributed by atoms with Gasteiger partial charge in [-0.25, -0.2) is 4.39 Å². The molecule has 2 aromatic carbocycles. The Morgan fingerprint density at radius 2 is 1.78 bits per heavy atom. The number of carbonyl (C=O) groups excluding carboxylic acids is 1. The van der Waals surface area contributed by atoms with Crippen molar-refractivity contribution in [3.63, 3.8) is 0 Å². The Labute approximate surface area is 158 Å². The lowest BCUT2D eigenvalue weighted by Crippen LogP contribution is -2.35. The average Bonchev–Trinajstić information content (AvgIpc) is 2.70. The minimum Gasteiger partial charge on any atom is -0.493 e. The normalized spacial score (nSPS) is 13.1. The third kappa shape index (κ3) is 3.99. The summed E-state index contributed by atoms with van der Waals surface area (Å²) in [7, 11) is 4.67. The third-order valence-corrected chi connectivity index (χ3v) is 4.82. The number of hydrogen-bond donors (Lipinski definition) is 0. The van der Waals surface area contributed by atoms with Crippen LogP contribution in [0.4, 0.5) is 10.1 Å². The number of hydrogen-bond acceptors (Lipinski definition) is 4. The third-order valence-electron chi connectivity index (χ3n) is 4.82. The number of fused-ring (bicyclic) bond motifs is 1. The molecule has 0 aromatic heterocycles. The van der Waals surface area contributed by atoms with Crippen LogP contribution in [-0.2, 0) is 17.6 Å². The number of aryl methyl sites for hydroxylation is 2. The van der Waals surface area contributed by atoms with Gasteiger partial charge in [-0.15, -0.1) is 0 Å². The predicted molar refractivity (Wildman–Crippen MR) is 101 cm³/mol. The molecule has 0 radical (unpaired) electrons. The van der Waals surface area contributed by atoms with Gasteiger partial charge in [0.2, 0.25) is 11.7 Å². The molecule has 1 heterocycles. The van der Waals surface area contributed by atoms with Gasteiger partial charge in [0.1, 0.15) is 5.82 Å². The van der Waals surface area contributed by atoms with Crippen molar-refractivity contribution in [1.29, 1.82) is 0 Å². The van der Waals surface area contributed by atoms with E-state index in [1.807, 2.05) is 12.1 Å². The van der Waals surface area contributed by atoms with Crippen molar-refractivity contribution in [2.45, 2.75) is 25.7 Å². The number of amides is 1. The van der Waals surface area contributed by atoms with Gasteiger partial charge in [-0.2, -0.15) is 0 Å². The molecule has 3 rings (SSSR count). The lowest BCUT2D eigenvalue weighted by molar-refractivity contribution is -0.118. The molecule has 0 saturated carbocycles. The standard InChI is InChI=1S/C21H24FNO4/c1-25-18-11-14(12-19(26-2)21(18)27-3)6-9-20(24)23-10-4-5-15-7-8-16(22)13-17(15)23/h7-8,11-13H,4-6,9-10H2,1-3H3. The van der Waals surface area contributed by atoms with E-state index in [4.69, 9.17) is 14.2 Å². The Kier molecular flexibility index (Phi) is 5.84. The van der Waals surface area contributed by atoms with E-state index in [2.05, 4.69) is 0 Å². The molecule has 1 aliphatic rings. The molecule has 0 spiro atoms. The maximum Gasteiger partial charge on any atom is 0.227 e. The first kappa shape index (κ1) is 19.0. The number of anilines is 1. The van der Waals surface area contributed by atoms with E-state index in [-0.39, 0.29) is 11.7 Å². The second-order valence-electron chi connectivity index (χ2n) is 6.46. The molecule has 0 aliphatic carbocycles. The number of carbonyl (C=O) groups is 1. The highest BCUT2D eigenvalue weighted by Crippen LogP contribution is 2.38. The first-order valence-corrected chi connectivity index (χ1v) is 8.95. The predicted octanol–water partition coefficient (Wildman–Crippen LogP) is 3.76. The Morgan fingerprint density at radius 3 is 2.41 bits per heavy atom. The highest BCUT2D eigenvalue weighted by Gasteiger charge is 2.23. The highest BCUT2D eigenvalue weighted by molar-refractivity contribution is 5.94. The van der Waals surface area contributed by atoms with Gasteiger partial charge >= 0.3 is 0 Å². The molecular weight excluding hydrogens is 349 g/mol. The van der Waals surface area contributed by atoms with E-state index in [9.17, 15) is 9.18 Å². The van der Waals surface area contributed by atoms with Crippen LogP contribution in [0.3, 0.4) is 0 Å². The van der Waals surface area contributed by atoms with Gasteiger partial charge < -0.3 is 19.1 Å². The summed E-state index contributed by atoms with van der Waals surface area (Å²) in [6.45, 7) is 0.616. The minimum absolute atomic E-state index is 0.0182. The fourth-order valence-electron chi connectivity index (χ4n) is 3.47. The van der Waals surface area contributed by atoms with Crippen molar-refractivity contribution < 1.29 is 23.4 Å². The topological polar surface area (TPSA) is 48.0 Å². The lowest BCUT2D eigenvalue weighted by atomic mass is 10.0. The molecule has 0 atom stereocenters. The number of benzene rings is 2. The second-order valence-corrected chi connectivity index (χ2v) is 6.46. The van der Waals surface area contributed by atoms with Gasteiger partial charge in [-0.3, -0.25) is 4.79 Å². The molecule has 2 aromatic rings. The summed E-state index contributed by atoms with van der Waals surface area (Å²) in [6, 6.07) is 8.36. The average molecular weight is 373 g/mol. The monoisotopic (exact) mass is 373 g/mol. The van der Waals surface area contributed by atoms with E-state index < -0.39 is 0 Å². The molecule has 1 amide bonds. The molecule has 0 unspecified atom stereocenters. The molecule has 27 heavy (non-hydrogen) atoms. The Hall–Kier alpha value is -2.76. The quantitative estimate of drug-likeness (QED) is 0.774. The van der Waals surface area contributed by atoms with Crippen molar-refractivity contribution >= 4 is 11.6 Å². The van der Waals surface area contributed by atoms with Crippen LogP contribution in [0.2, 0.25) is 0 Å². The van der Waals surface area contributed by atoms with Crippen LogP contribution < -0.4 is 19.1 Å². The molecule has 144 valence electrons. The first-order chi connectivity index (χ1) is 13.1. The fourth-order valence-corrected chi connectivity index (χ4v) is 3.47. The van der Waals surface area contributed by atoms with Crippen molar-refractivity contribution in [2.24, 2.45) is 0 Å². The Morgan fingerprint density at radius 1 is 1.07 bits per heavy atom. The van der Waals surface area contributed by atoms with Gasteiger partial charge in [0, 0.05) is 18.7 Å². The smallest absolute Gasteiger partial charge is 0.227 e. The van der Waals surface area contributed by atoms with Crippen LogP contribution in [-0.4, -0.2) is 33.8 Å². The van der Waals surface area contributed by atoms with Crippen molar-refractivity contribution in [3.8, 4) is 17.2 Å². The van der Waals surface area contributed by atoms with Gasteiger partial charge in [0.25, 0.3) is 0 Å². The van der Waals surface area contributed by atoms with Crippen LogP contribution >= 0.6 is 0 Å². The molecule has 0 bridgehead atoms. The van der Waals surface area contributed by atoms with Crippen LogP contribution in [0, 0.1) is 5.82 Å². The van der Waals surface area contributed by atoms with Gasteiger partial charge in [0.15, 0.2) is 11.5 Å². The van der Waals surface area contributed by atoms with Crippen LogP contribution in [0.25, 0.3) is 0 Å². The number of ether oxygens (including phenoxy) is 3. The molecular formula is C21H24FNO4. The van der Waals surface area contributed by atoms with E-state index >= 15 is 0 Å². The van der Waals surface area contributed by atoms with Crippen LogP contribution in [0.1, 0.15) is 24.0 Å². The Bertz CT molecular complexity index is 812. The molecule has 0 N–H and O–H groups in total.